The third-order valence-corrected chi connectivity index (χ3v) is 4.56. The number of fused-ring (bicyclic) bond motifs is 1. The smallest absolute Gasteiger partial charge is 0.274 e. The molecule has 1 aliphatic heterocycles. The summed E-state index contributed by atoms with van der Waals surface area (Å²) in [4.78, 5) is 38.6. The van der Waals surface area contributed by atoms with E-state index in [1.54, 1.807) is 11.1 Å². The van der Waals surface area contributed by atoms with E-state index in [0.717, 1.165) is 11.5 Å². The zero-order chi connectivity index (χ0) is 17.2. The molecule has 2 amide bonds. The molecule has 4 rings (SSSR count). The van der Waals surface area contributed by atoms with Crippen molar-refractivity contribution in [3.05, 3.63) is 42.0 Å². The van der Waals surface area contributed by atoms with E-state index in [4.69, 9.17) is 0 Å². The van der Waals surface area contributed by atoms with Crippen LogP contribution in [0.25, 0.3) is 0 Å². The Balaban J connectivity index is 1.37. The Morgan fingerprint density at radius 3 is 2.88 bits per heavy atom. The predicted octanol–water partition coefficient (Wildman–Crippen LogP) is 0.745. The number of nitrogens with one attached hydrogen (secondary N) is 1. The van der Waals surface area contributed by atoms with Crippen LogP contribution in [0, 0.1) is 5.92 Å². The van der Waals surface area contributed by atoms with E-state index in [2.05, 4.69) is 20.3 Å². The molecule has 0 unspecified atom stereocenters. The Morgan fingerprint density at radius 2 is 2.12 bits per heavy atom. The van der Waals surface area contributed by atoms with Crippen molar-refractivity contribution >= 4 is 11.8 Å². The van der Waals surface area contributed by atoms with Gasteiger partial charge in [0.2, 0.25) is 5.91 Å². The van der Waals surface area contributed by atoms with Crippen molar-refractivity contribution in [3.63, 3.8) is 0 Å². The van der Waals surface area contributed by atoms with Crippen LogP contribution in [0.4, 0.5) is 0 Å². The number of imidazole rings is 1. The molecule has 2 aromatic rings. The quantitative estimate of drug-likeness (QED) is 0.867. The highest BCUT2D eigenvalue weighted by molar-refractivity contribution is 5.91. The van der Waals surface area contributed by atoms with Gasteiger partial charge in [-0.3, -0.25) is 14.6 Å². The number of nitrogens with zero attached hydrogens (tertiary/aromatic N) is 5. The van der Waals surface area contributed by atoms with E-state index in [1.807, 2.05) is 10.8 Å². The van der Waals surface area contributed by atoms with Crippen LogP contribution in [-0.4, -0.2) is 42.8 Å². The van der Waals surface area contributed by atoms with E-state index < -0.39 is 0 Å². The molecule has 2 aliphatic rings. The number of aromatic nitrogens is 4. The normalized spacial score (nSPS) is 16.4. The predicted molar refractivity (Wildman–Crippen MR) is 88.2 cm³/mol. The summed E-state index contributed by atoms with van der Waals surface area (Å²) in [6, 6.07) is 0. The van der Waals surface area contributed by atoms with Crippen LogP contribution >= 0.6 is 0 Å². The summed E-state index contributed by atoms with van der Waals surface area (Å²) in [5.74, 6) is 1.36. The standard InChI is InChI=1S/C17H20N6O2/c24-16(7-12-1-2-12)20-8-13-10-22-5-6-23(11-15(22)21-13)17(25)14-9-18-3-4-19-14/h3-4,9-10,12H,1-2,5-8,11H2,(H,20,24). The Bertz CT molecular complexity index is 784. The Kier molecular flexibility index (Phi) is 4.17. The third-order valence-electron chi connectivity index (χ3n) is 4.56. The first-order chi connectivity index (χ1) is 12.2. The van der Waals surface area contributed by atoms with E-state index in [1.165, 1.54) is 25.2 Å². The lowest BCUT2D eigenvalue weighted by Crippen LogP contribution is -2.38. The molecule has 8 heteroatoms. The van der Waals surface area contributed by atoms with Crippen LogP contribution in [0.5, 0.6) is 0 Å². The van der Waals surface area contributed by atoms with Gasteiger partial charge in [-0.1, -0.05) is 0 Å². The Morgan fingerprint density at radius 1 is 1.24 bits per heavy atom. The highest BCUT2D eigenvalue weighted by Gasteiger charge is 2.26. The van der Waals surface area contributed by atoms with Gasteiger partial charge < -0.3 is 14.8 Å². The lowest BCUT2D eigenvalue weighted by molar-refractivity contribution is -0.121. The van der Waals surface area contributed by atoms with Gasteiger partial charge in [0.15, 0.2) is 0 Å². The van der Waals surface area contributed by atoms with Gasteiger partial charge in [-0.15, -0.1) is 0 Å². The van der Waals surface area contributed by atoms with Gasteiger partial charge in [-0.25, -0.2) is 9.97 Å². The summed E-state index contributed by atoms with van der Waals surface area (Å²) in [5.41, 5.74) is 1.17. The lowest BCUT2D eigenvalue weighted by Gasteiger charge is -2.27. The zero-order valence-electron chi connectivity index (χ0n) is 13.9. The number of hydrogen-bond acceptors (Lipinski definition) is 5. The van der Waals surface area contributed by atoms with Crippen molar-refractivity contribution in [2.75, 3.05) is 6.54 Å². The first-order valence-corrected chi connectivity index (χ1v) is 8.56. The van der Waals surface area contributed by atoms with Gasteiger partial charge in [0.05, 0.1) is 25.0 Å². The summed E-state index contributed by atoms with van der Waals surface area (Å²) >= 11 is 0. The van der Waals surface area contributed by atoms with Gasteiger partial charge in [-0.05, 0) is 18.8 Å². The highest BCUT2D eigenvalue weighted by Crippen LogP contribution is 2.32. The van der Waals surface area contributed by atoms with E-state index >= 15 is 0 Å². The molecule has 1 aliphatic carbocycles. The van der Waals surface area contributed by atoms with Crippen LogP contribution in [0.2, 0.25) is 0 Å². The van der Waals surface area contributed by atoms with Gasteiger partial charge in [0.25, 0.3) is 5.91 Å². The third kappa shape index (κ3) is 3.67. The average Bonchev–Trinajstić information content (AvgIpc) is 3.35. The van der Waals surface area contributed by atoms with E-state index in [9.17, 15) is 9.59 Å². The summed E-state index contributed by atoms with van der Waals surface area (Å²) in [5, 5.41) is 2.93. The molecular weight excluding hydrogens is 320 g/mol. The fourth-order valence-electron chi connectivity index (χ4n) is 2.99. The minimum absolute atomic E-state index is 0.0907. The molecule has 3 heterocycles. The average molecular weight is 340 g/mol. The molecule has 1 fully saturated rings. The molecule has 0 saturated heterocycles. The highest BCUT2D eigenvalue weighted by atomic mass is 16.2. The molecule has 8 nitrogen and oxygen atoms in total. The minimum Gasteiger partial charge on any atom is -0.350 e. The molecule has 25 heavy (non-hydrogen) atoms. The maximum absolute atomic E-state index is 12.5. The number of carbonyl (C=O) groups is 2. The molecule has 0 radical (unpaired) electrons. The minimum atomic E-state index is -0.137. The van der Waals surface area contributed by atoms with Gasteiger partial charge >= 0.3 is 0 Å². The van der Waals surface area contributed by atoms with Gasteiger partial charge in [0, 0.05) is 38.1 Å². The SMILES string of the molecule is O=C(CC1CC1)NCc1cn2c(n1)CN(C(=O)c1cnccn1)CC2. The largest absolute Gasteiger partial charge is 0.350 e. The van der Waals surface area contributed by atoms with Crippen molar-refractivity contribution < 1.29 is 9.59 Å². The van der Waals surface area contributed by atoms with Crippen molar-refractivity contribution in [2.45, 2.75) is 38.9 Å². The van der Waals surface area contributed by atoms with Crippen molar-refractivity contribution in [1.82, 2.24) is 29.7 Å². The van der Waals surface area contributed by atoms with Crippen LogP contribution in [0.3, 0.4) is 0 Å². The molecule has 1 saturated carbocycles. The molecule has 0 aromatic carbocycles. The number of hydrogen-bond donors (Lipinski definition) is 1. The van der Waals surface area contributed by atoms with Gasteiger partial charge in [0.1, 0.15) is 11.5 Å². The second-order valence-corrected chi connectivity index (χ2v) is 6.58. The fourth-order valence-corrected chi connectivity index (χ4v) is 2.99. The van der Waals surface area contributed by atoms with E-state index in [-0.39, 0.29) is 11.8 Å². The fraction of sp³-hybridized carbons (Fsp3) is 0.471. The summed E-state index contributed by atoms with van der Waals surface area (Å²) in [6.07, 6.45) is 9.45. The molecule has 0 atom stereocenters. The zero-order valence-corrected chi connectivity index (χ0v) is 13.9. The van der Waals surface area contributed by atoms with Crippen LogP contribution in [0.1, 0.15) is 41.3 Å². The second kappa shape index (κ2) is 6.62. The Labute approximate surface area is 145 Å². The van der Waals surface area contributed by atoms with E-state index in [0.29, 0.717) is 44.2 Å². The summed E-state index contributed by atoms with van der Waals surface area (Å²) < 4.78 is 2.04. The molecule has 130 valence electrons. The number of amides is 2. The molecule has 1 N–H and O–H groups in total. The first-order valence-electron chi connectivity index (χ1n) is 8.56. The monoisotopic (exact) mass is 340 g/mol. The maximum Gasteiger partial charge on any atom is 0.274 e. The Hall–Kier alpha value is -2.77. The summed E-state index contributed by atoms with van der Waals surface area (Å²) in [7, 11) is 0. The molecule has 0 spiro atoms. The van der Waals surface area contributed by atoms with Crippen molar-refractivity contribution in [2.24, 2.45) is 5.92 Å². The molecular formula is C17H20N6O2. The summed E-state index contributed by atoms with van der Waals surface area (Å²) in [6.45, 7) is 2.16. The maximum atomic E-state index is 12.5. The van der Waals surface area contributed by atoms with Crippen LogP contribution in [-0.2, 0) is 24.4 Å². The van der Waals surface area contributed by atoms with Crippen LogP contribution in [0.15, 0.2) is 24.8 Å². The first kappa shape index (κ1) is 15.7. The lowest BCUT2D eigenvalue weighted by atomic mass is 10.3. The van der Waals surface area contributed by atoms with Crippen LogP contribution < -0.4 is 5.32 Å². The number of carbonyl (C=O) groups excluding carboxylic acids is 2. The molecule has 2 aromatic heterocycles. The molecule has 0 bridgehead atoms. The number of rotatable bonds is 5. The second-order valence-electron chi connectivity index (χ2n) is 6.58. The van der Waals surface area contributed by atoms with Gasteiger partial charge in [-0.2, -0.15) is 0 Å². The topological polar surface area (TPSA) is 93.0 Å². The van der Waals surface area contributed by atoms with Crippen molar-refractivity contribution in [3.8, 4) is 0 Å². The van der Waals surface area contributed by atoms with Crippen molar-refractivity contribution in [1.29, 1.82) is 0 Å².